The minimum atomic E-state index is -0.162. The molecule has 0 saturated carbocycles. The number of benzene rings is 2. The normalized spacial score (nSPS) is 17.9. The third kappa shape index (κ3) is 4.83. The summed E-state index contributed by atoms with van der Waals surface area (Å²) in [6.45, 7) is 7.18. The molecule has 0 spiro atoms. The molecule has 2 aromatic rings. The van der Waals surface area contributed by atoms with Gasteiger partial charge in [-0.15, -0.1) is 0 Å². The average Bonchev–Trinajstić information content (AvgIpc) is 3.21. The first kappa shape index (κ1) is 20.0. The van der Waals surface area contributed by atoms with Crippen LogP contribution in [0.1, 0.15) is 18.1 Å². The van der Waals surface area contributed by atoms with Crippen LogP contribution in [0, 0.1) is 0 Å². The van der Waals surface area contributed by atoms with Gasteiger partial charge in [0.25, 0.3) is 0 Å². The van der Waals surface area contributed by atoms with Crippen LogP contribution in [0.3, 0.4) is 0 Å². The molecule has 4 rings (SSSR count). The molecule has 1 amide bonds. The lowest BCUT2D eigenvalue weighted by Gasteiger charge is -2.37. The molecule has 1 atom stereocenters. The van der Waals surface area contributed by atoms with Crippen LogP contribution < -0.4 is 14.8 Å². The van der Waals surface area contributed by atoms with Crippen molar-refractivity contribution in [2.45, 2.75) is 26.1 Å². The van der Waals surface area contributed by atoms with Crippen molar-refractivity contribution in [3.05, 3.63) is 58.6 Å². The van der Waals surface area contributed by atoms with E-state index in [1.165, 1.54) is 5.56 Å². The van der Waals surface area contributed by atoms with Gasteiger partial charge in [0.05, 0.1) is 6.04 Å². The van der Waals surface area contributed by atoms with Gasteiger partial charge in [0.1, 0.15) is 0 Å². The van der Waals surface area contributed by atoms with E-state index in [1.54, 1.807) is 0 Å². The Morgan fingerprint density at radius 2 is 1.86 bits per heavy atom. The van der Waals surface area contributed by atoms with E-state index in [9.17, 15) is 4.79 Å². The van der Waals surface area contributed by atoms with Crippen LogP contribution in [0.15, 0.2) is 42.5 Å². The molecule has 154 valence electrons. The van der Waals surface area contributed by atoms with Crippen LogP contribution in [0.5, 0.6) is 11.5 Å². The van der Waals surface area contributed by atoms with E-state index in [1.807, 2.05) is 37.3 Å². The highest BCUT2D eigenvalue weighted by atomic mass is 35.5. The molecule has 29 heavy (non-hydrogen) atoms. The lowest BCUT2D eigenvalue weighted by Crippen LogP contribution is -2.53. The standard InChI is InChI=1S/C22H26ClN3O3/c1-16(22(27)24-13-18-4-2-3-5-19(18)23)26-10-8-25(9-11-26)14-17-6-7-20-21(12-17)29-15-28-20/h2-7,12,16H,8-11,13-15H2,1H3,(H,24,27)/t16-/m0/s1. The molecule has 0 bridgehead atoms. The maximum atomic E-state index is 12.6. The van der Waals surface area contributed by atoms with Crippen molar-refractivity contribution in [3.63, 3.8) is 0 Å². The van der Waals surface area contributed by atoms with Crippen LogP contribution in [0.25, 0.3) is 0 Å². The van der Waals surface area contributed by atoms with Gasteiger partial charge < -0.3 is 14.8 Å². The molecule has 2 aliphatic heterocycles. The van der Waals surface area contributed by atoms with Crippen LogP contribution in [-0.2, 0) is 17.9 Å². The SMILES string of the molecule is C[C@@H](C(=O)NCc1ccccc1Cl)N1CCN(Cc2ccc3c(c2)OCO3)CC1. The molecule has 2 aromatic carbocycles. The second kappa shape index (κ2) is 9.03. The fourth-order valence-electron chi connectivity index (χ4n) is 3.74. The summed E-state index contributed by atoms with van der Waals surface area (Å²) in [6, 6.07) is 13.5. The number of rotatable bonds is 6. The number of carbonyl (C=O) groups excluding carboxylic acids is 1. The van der Waals surface area contributed by atoms with Gasteiger partial charge in [-0.2, -0.15) is 0 Å². The maximum absolute atomic E-state index is 12.6. The van der Waals surface area contributed by atoms with Gasteiger partial charge in [-0.25, -0.2) is 0 Å². The Bertz CT molecular complexity index is 868. The summed E-state index contributed by atoms with van der Waals surface area (Å²) in [7, 11) is 0. The molecule has 0 radical (unpaired) electrons. The van der Waals surface area contributed by atoms with E-state index in [4.69, 9.17) is 21.1 Å². The zero-order valence-electron chi connectivity index (χ0n) is 16.6. The zero-order valence-corrected chi connectivity index (χ0v) is 17.3. The van der Waals surface area contributed by atoms with Crippen molar-refractivity contribution < 1.29 is 14.3 Å². The third-order valence-electron chi connectivity index (χ3n) is 5.59. The van der Waals surface area contributed by atoms with E-state index in [-0.39, 0.29) is 11.9 Å². The van der Waals surface area contributed by atoms with Crippen molar-refractivity contribution in [3.8, 4) is 11.5 Å². The van der Waals surface area contributed by atoms with Crippen LogP contribution in [-0.4, -0.2) is 54.7 Å². The topological polar surface area (TPSA) is 54.0 Å². The van der Waals surface area contributed by atoms with E-state index >= 15 is 0 Å². The summed E-state index contributed by atoms with van der Waals surface area (Å²) < 4.78 is 10.8. The van der Waals surface area contributed by atoms with Crippen molar-refractivity contribution in [2.24, 2.45) is 0 Å². The third-order valence-corrected chi connectivity index (χ3v) is 5.96. The minimum Gasteiger partial charge on any atom is -0.454 e. The number of nitrogens with zero attached hydrogens (tertiary/aromatic N) is 2. The number of fused-ring (bicyclic) bond motifs is 1. The Morgan fingerprint density at radius 1 is 1.10 bits per heavy atom. The minimum absolute atomic E-state index is 0.0362. The number of hydrogen-bond donors (Lipinski definition) is 1. The molecule has 1 saturated heterocycles. The second-order valence-electron chi connectivity index (χ2n) is 7.48. The Morgan fingerprint density at radius 3 is 2.66 bits per heavy atom. The number of ether oxygens (including phenoxy) is 2. The first-order valence-corrected chi connectivity index (χ1v) is 10.3. The molecule has 0 unspecified atom stereocenters. The van der Waals surface area contributed by atoms with Crippen molar-refractivity contribution in [1.82, 2.24) is 15.1 Å². The van der Waals surface area contributed by atoms with Crippen LogP contribution >= 0.6 is 11.6 Å². The summed E-state index contributed by atoms with van der Waals surface area (Å²) in [5.41, 5.74) is 2.15. The molecule has 0 aromatic heterocycles. The number of carbonyl (C=O) groups is 1. The van der Waals surface area contributed by atoms with Crippen molar-refractivity contribution in [1.29, 1.82) is 0 Å². The molecule has 7 heteroatoms. The molecule has 6 nitrogen and oxygen atoms in total. The van der Waals surface area contributed by atoms with Gasteiger partial charge in [-0.3, -0.25) is 14.6 Å². The Balaban J connectivity index is 1.24. The highest BCUT2D eigenvalue weighted by molar-refractivity contribution is 6.31. The molecule has 1 N–H and O–H groups in total. The highest BCUT2D eigenvalue weighted by Gasteiger charge is 2.26. The Labute approximate surface area is 176 Å². The summed E-state index contributed by atoms with van der Waals surface area (Å²) in [6.07, 6.45) is 0. The summed E-state index contributed by atoms with van der Waals surface area (Å²) in [5, 5.41) is 3.69. The van der Waals surface area contributed by atoms with Gasteiger partial charge in [0.2, 0.25) is 12.7 Å². The fraction of sp³-hybridized carbons (Fsp3) is 0.409. The van der Waals surface area contributed by atoms with Crippen molar-refractivity contribution >= 4 is 17.5 Å². The van der Waals surface area contributed by atoms with E-state index in [0.717, 1.165) is 49.8 Å². The lowest BCUT2D eigenvalue weighted by atomic mass is 10.1. The summed E-state index contributed by atoms with van der Waals surface area (Å²) in [4.78, 5) is 17.2. The van der Waals surface area contributed by atoms with Crippen molar-refractivity contribution in [2.75, 3.05) is 33.0 Å². The van der Waals surface area contributed by atoms with Crippen LogP contribution in [0.4, 0.5) is 0 Å². The van der Waals surface area contributed by atoms with Gasteiger partial charge in [-0.1, -0.05) is 35.9 Å². The molecular formula is C22H26ClN3O3. The first-order valence-electron chi connectivity index (χ1n) is 9.96. The predicted molar refractivity (Wildman–Crippen MR) is 112 cm³/mol. The summed E-state index contributed by atoms with van der Waals surface area (Å²) >= 11 is 6.17. The molecule has 1 fully saturated rings. The van der Waals surface area contributed by atoms with Gasteiger partial charge in [0, 0.05) is 44.3 Å². The molecule has 0 aliphatic carbocycles. The number of hydrogen-bond acceptors (Lipinski definition) is 5. The highest BCUT2D eigenvalue weighted by Crippen LogP contribution is 2.32. The van der Waals surface area contributed by atoms with Crippen LogP contribution in [0.2, 0.25) is 5.02 Å². The number of nitrogens with one attached hydrogen (secondary N) is 1. The zero-order chi connectivity index (χ0) is 20.2. The molecular weight excluding hydrogens is 390 g/mol. The number of amides is 1. The second-order valence-corrected chi connectivity index (χ2v) is 7.89. The van der Waals surface area contributed by atoms with E-state index < -0.39 is 0 Å². The quantitative estimate of drug-likeness (QED) is 0.786. The lowest BCUT2D eigenvalue weighted by molar-refractivity contribution is -0.126. The predicted octanol–water partition coefficient (Wildman–Crippen LogP) is 2.89. The number of piperazine rings is 1. The molecule has 2 aliphatic rings. The number of halogens is 1. The molecule has 2 heterocycles. The Kier molecular flexibility index (Phi) is 6.23. The van der Waals surface area contributed by atoms with Gasteiger partial charge in [0.15, 0.2) is 11.5 Å². The van der Waals surface area contributed by atoms with E-state index in [2.05, 4.69) is 27.2 Å². The largest absolute Gasteiger partial charge is 0.454 e. The average molecular weight is 416 g/mol. The summed E-state index contributed by atoms with van der Waals surface area (Å²) in [5.74, 6) is 1.68. The smallest absolute Gasteiger partial charge is 0.237 e. The van der Waals surface area contributed by atoms with Gasteiger partial charge in [-0.05, 0) is 36.2 Å². The Hall–Kier alpha value is -2.28. The van der Waals surface area contributed by atoms with Gasteiger partial charge >= 0.3 is 0 Å². The fourth-order valence-corrected chi connectivity index (χ4v) is 3.95. The first-order chi connectivity index (χ1) is 14.1. The maximum Gasteiger partial charge on any atom is 0.237 e. The monoisotopic (exact) mass is 415 g/mol. The van der Waals surface area contributed by atoms with E-state index in [0.29, 0.717) is 18.4 Å².